The Balaban J connectivity index is 1.91. The zero-order valence-corrected chi connectivity index (χ0v) is 6.66. The first kappa shape index (κ1) is 7.16. The van der Waals surface area contributed by atoms with Gasteiger partial charge in [-0.3, -0.25) is 0 Å². The van der Waals surface area contributed by atoms with Gasteiger partial charge in [-0.25, -0.2) is 4.98 Å². The maximum atomic E-state index is 5.20. The minimum absolute atomic E-state index is 0.926. The standard InChI is InChI=1S/C9H10N2O/c1-2-9(12-5-1)4-3-8-6-10-7-11-8/h1-2,5-7H,3-4H2,(H,10,11). The van der Waals surface area contributed by atoms with Gasteiger partial charge in [0.25, 0.3) is 0 Å². The largest absolute Gasteiger partial charge is 0.469 e. The number of aromatic amines is 1. The van der Waals surface area contributed by atoms with Crippen molar-refractivity contribution in [3.8, 4) is 0 Å². The quantitative estimate of drug-likeness (QED) is 0.747. The first-order chi connectivity index (χ1) is 5.95. The molecule has 2 aromatic rings. The molecule has 0 saturated heterocycles. The Hall–Kier alpha value is -1.51. The number of nitrogens with one attached hydrogen (secondary N) is 1. The van der Waals surface area contributed by atoms with Crippen molar-refractivity contribution in [1.82, 2.24) is 9.97 Å². The summed E-state index contributed by atoms with van der Waals surface area (Å²) in [6.45, 7) is 0. The molecule has 0 atom stereocenters. The molecule has 0 saturated carbocycles. The topological polar surface area (TPSA) is 41.8 Å². The third-order valence-corrected chi connectivity index (χ3v) is 1.78. The molecule has 12 heavy (non-hydrogen) atoms. The number of aryl methyl sites for hydroxylation is 2. The smallest absolute Gasteiger partial charge is 0.104 e. The van der Waals surface area contributed by atoms with E-state index < -0.39 is 0 Å². The lowest BCUT2D eigenvalue weighted by molar-refractivity contribution is 0.508. The molecule has 0 amide bonds. The fraction of sp³-hybridized carbons (Fsp3) is 0.222. The highest BCUT2D eigenvalue weighted by atomic mass is 16.3. The zero-order chi connectivity index (χ0) is 8.23. The predicted molar refractivity (Wildman–Crippen MR) is 44.7 cm³/mol. The van der Waals surface area contributed by atoms with Crippen LogP contribution in [0.4, 0.5) is 0 Å². The van der Waals surface area contributed by atoms with Crippen LogP contribution in [0.1, 0.15) is 11.5 Å². The lowest BCUT2D eigenvalue weighted by Gasteiger charge is -1.93. The number of hydrogen-bond donors (Lipinski definition) is 1. The molecule has 0 unspecified atom stereocenters. The Morgan fingerprint density at radius 1 is 1.42 bits per heavy atom. The van der Waals surface area contributed by atoms with Gasteiger partial charge in [0.05, 0.1) is 12.6 Å². The molecule has 0 bridgehead atoms. The minimum Gasteiger partial charge on any atom is -0.469 e. The van der Waals surface area contributed by atoms with Gasteiger partial charge in [-0.1, -0.05) is 0 Å². The van der Waals surface area contributed by atoms with Crippen LogP contribution >= 0.6 is 0 Å². The number of aromatic nitrogens is 2. The number of furan rings is 1. The summed E-state index contributed by atoms with van der Waals surface area (Å²) in [4.78, 5) is 6.98. The van der Waals surface area contributed by atoms with E-state index in [1.807, 2.05) is 18.3 Å². The number of H-pyrrole nitrogens is 1. The highest BCUT2D eigenvalue weighted by Crippen LogP contribution is 2.04. The highest BCUT2D eigenvalue weighted by Gasteiger charge is 1.97. The van der Waals surface area contributed by atoms with Gasteiger partial charge >= 0.3 is 0 Å². The molecule has 1 N–H and O–H groups in total. The highest BCUT2D eigenvalue weighted by molar-refractivity contribution is 5.02. The molecule has 0 aliphatic heterocycles. The maximum Gasteiger partial charge on any atom is 0.104 e. The van der Waals surface area contributed by atoms with Crippen molar-refractivity contribution < 1.29 is 4.42 Å². The number of nitrogens with zero attached hydrogens (tertiary/aromatic N) is 1. The Bertz CT molecular complexity index is 276. The number of hydrogen-bond acceptors (Lipinski definition) is 2. The molecule has 0 spiro atoms. The summed E-state index contributed by atoms with van der Waals surface area (Å²) >= 11 is 0. The van der Waals surface area contributed by atoms with E-state index in [9.17, 15) is 0 Å². The summed E-state index contributed by atoms with van der Waals surface area (Å²) in [6.07, 6.45) is 7.10. The van der Waals surface area contributed by atoms with Crippen LogP contribution < -0.4 is 0 Å². The monoisotopic (exact) mass is 162 g/mol. The predicted octanol–water partition coefficient (Wildman–Crippen LogP) is 1.79. The van der Waals surface area contributed by atoms with Gasteiger partial charge in [0.15, 0.2) is 0 Å². The molecule has 0 radical (unpaired) electrons. The lowest BCUT2D eigenvalue weighted by atomic mass is 10.2. The summed E-state index contributed by atoms with van der Waals surface area (Å²) in [7, 11) is 0. The Kier molecular flexibility index (Phi) is 1.94. The second-order valence-electron chi connectivity index (χ2n) is 2.66. The molecule has 2 heterocycles. The number of imidazole rings is 1. The second-order valence-corrected chi connectivity index (χ2v) is 2.66. The van der Waals surface area contributed by atoms with Crippen LogP contribution in [0.25, 0.3) is 0 Å². The molecular formula is C9H10N2O. The molecule has 0 aromatic carbocycles. The van der Waals surface area contributed by atoms with E-state index in [2.05, 4.69) is 9.97 Å². The van der Waals surface area contributed by atoms with Gasteiger partial charge in [0.2, 0.25) is 0 Å². The van der Waals surface area contributed by atoms with Gasteiger partial charge in [-0.2, -0.15) is 0 Å². The molecule has 0 fully saturated rings. The van der Waals surface area contributed by atoms with E-state index in [4.69, 9.17) is 4.42 Å². The average Bonchev–Trinajstić information content (AvgIpc) is 2.74. The second kappa shape index (κ2) is 3.26. The van der Waals surface area contributed by atoms with Crippen molar-refractivity contribution in [1.29, 1.82) is 0 Å². The SMILES string of the molecule is c1coc(CCc2cnc[nH]2)c1. The van der Waals surface area contributed by atoms with Gasteiger partial charge in [0.1, 0.15) is 5.76 Å². The van der Waals surface area contributed by atoms with Crippen molar-refractivity contribution in [3.63, 3.8) is 0 Å². The normalized spacial score (nSPS) is 10.3. The molecular weight excluding hydrogens is 152 g/mol. The van der Waals surface area contributed by atoms with Crippen molar-refractivity contribution in [2.45, 2.75) is 12.8 Å². The third-order valence-electron chi connectivity index (χ3n) is 1.78. The zero-order valence-electron chi connectivity index (χ0n) is 6.66. The number of rotatable bonds is 3. The first-order valence-corrected chi connectivity index (χ1v) is 3.95. The Morgan fingerprint density at radius 2 is 2.42 bits per heavy atom. The lowest BCUT2D eigenvalue weighted by Crippen LogP contribution is -1.88. The van der Waals surface area contributed by atoms with Crippen LogP contribution in [0.2, 0.25) is 0 Å². The summed E-state index contributed by atoms with van der Waals surface area (Å²) in [5.74, 6) is 1.02. The first-order valence-electron chi connectivity index (χ1n) is 3.95. The van der Waals surface area contributed by atoms with Crippen LogP contribution in [0, 0.1) is 0 Å². The minimum atomic E-state index is 0.926. The summed E-state index contributed by atoms with van der Waals surface area (Å²) in [5.41, 5.74) is 1.14. The van der Waals surface area contributed by atoms with E-state index in [0.29, 0.717) is 0 Å². The molecule has 62 valence electrons. The van der Waals surface area contributed by atoms with Crippen LogP contribution in [0.5, 0.6) is 0 Å². The van der Waals surface area contributed by atoms with E-state index in [1.165, 1.54) is 0 Å². The van der Waals surface area contributed by atoms with Crippen molar-refractivity contribution in [3.05, 3.63) is 42.4 Å². The maximum absolute atomic E-state index is 5.20. The Labute approximate surface area is 70.4 Å². The van der Waals surface area contributed by atoms with Crippen LogP contribution in [0.15, 0.2) is 35.3 Å². The summed E-state index contributed by atoms with van der Waals surface area (Å²) < 4.78 is 5.20. The van der Waals surface area contributed by atoms with Crippen LogP contribution in [-0.4, -0.2) is 9.97 Å². The van der Waals surface area contributed by atoms with E-state index in [-0.39, 0.29) is 0 Å². The van der Waals surface area contributed by atoms with Gasteiger partial charge < -0.3 is 9.40 Å². The fourth-order valence-electron chi connectivity index (χ4n) is 1.13. The van der Waals surface area contributed by atoms with Crippen molar-refractivity contribution in [2.24, 2.45) is 0 Å². The molecule has 3 heteroatoms. The summed E-state index contributed by atoms with van der Waals surface area (Å²) in [5, 5.41) is 0. The molecule has 0 aliphatic rings. The van der Waals surface area contributed by atoms with Gasteiger partial charge in [-0.15, -0.1) is 0 Å². The van der Waals surface area contributed by atoms with Gasteiger partial charge in [0, 0.05) is 18.3 Å². The van der Waals surface area contributed by atoms with Crippen LogP contribution in [0.3, 0.4) is 0 Å². The van der Waals surface area contributed by atoms with Crippen LogP contribution in [-0.2, 0) is 12.8 Å². The van der Waals surface area contributed by atoms with E-state index >= 15 is 0 Å². The summed E-state index contributed by atoms with van der Waals surface area (Å²) in [6, 6.07) is 3.89. The average molecular weight is 162 g/mol. The fourth-order valence-corrected chi connectivity index (χ4v) is 1.13. The molecule has 2 rings (SSSR count). The van der Waals surface area contributed by atoms with E-state index in [0.717, 1.165) is 24.3 Å². The molecule has 3 nitrogen and oxygen atoms in total. The van der Waals surface area contributed by atoms with Gasteiger partial charge in [-0.05, 0) is 18.6 Å². The molecule has 0 aliphatic carbocycles. The Morgan fingerprint density at radius 3 is 3.08 bits per heavy atom. The van der Waals surface area contributed by atoms with Crippen molar-refractivity contribution >= 4 is 0 Å². The molecule has 2 aromatic heterocycles. The van der Waals surface area contributed by atoms with Crippen molar-refractivity contribution in [2.75, 3.05) is 0 Å². The third kappa shape index (κ3) is 1.56. The van der Waals surface area contributed by atoms with E-state index in [1.54, 1.807) is 12.6 Å².